The summed E-state index contributed by atoms with van der Waals surface area (Å²) in [6, 6.07) is -1.02. The number of aliphatic hydroxyl groups excluding tert-OH is 2. The Bertz CT molecular complexity index is 149. The van der Waals surface area contributed by atoms with E-state index in [1.807, 2.05) is 0 Å². The van der Waals surface area contributed by atoms with Gasteiger partial charge in [-0.3, -0.25) is 10.1 Å². The molecule has 0 aromatic rings. The highest BCUT2D eigenvalue weighted by Gasteiger charge is 2.37. The summed E-state index contributed by atoms with van der Waals surface area (Å²) in [5.74, 6) is -1.14. The van der Waals surface area contributed by atoms with Crippen molar-refractivity contribution in [3.63, 3.8) is 0 Å². The first-order chi connectivity index (χ1) is 4.63. The SMILES string of the molecule is O=C(O)[C@H]1NC[C@@H](O)[C@@H]1O. The number of hydrogen-bond acceptors (Lipinski definition) is 4. The number of aliphatic carboxylic acids is 1. The molecule has 0 radical (unpaired) electrons. The van der Waals surface area contributed by atoms with Crippen LogP contribution in [0.2, 0.25) is 0 Å². The van der Waals surface area contributed by atoms with Crippen molar-refractivity contribution < 1.29 is 20.1 Å². The molecule has 0 saturated carbocycles. The van der Waals surface area contributed by atoms with Gasteiger partial charge >= 0.3 is 5.97 Å². The molecule has 1 rings (SSSR count). The third kappa shape index (κ3) is 1.11. The summed E-state index contributed by atoms with van der Waals surface area (Å²) in [6.45, 7) is 0.137. The minimum absolute atomic E-state index is 0.137. The molecule has 1 saturated heterocycles. The van der Waals surface area contributed by atoms with Gasteiger partial charge in [0.25, 0.3) is 0 Å². The summed E-state index contributed by atoms with van der Waals surface area (Å²) < 4.78 is 0. The molecular weight excluding hydrogens is 138 g/mol. The number of carbonyl (C=O) groups is 1. The maximum atomic E-state index is 10.2. The third-order valence-electron chi connectivity index (χ3n) is 1.55. The molecule has 58 valence electrons. The van der Waals surface area contributed by atoms with Gasteiger partial charge in [-0.1, -0.05) is 0 Å². The van der Waals surface area contributed by atoms with Crippen LogP contribution in [0, 0.1) is 0 Å². The van der Waals surface area contributed by atoms with Gasteiger partial charge < -0.3 is 15.3 Å². The number of carboxylic acid groups (broad SMARTS) is 1. The van der Waals surface area contributed by atoms with Gasteiger partial charge in [-0.05, 0) is 0 Å². The number of hydrogen-bond donors (Lipinski definition) is 4. The molecule has 0 unspecified atom stereocenters. The maximum absolute atomic E-state index is 10.2. The summed E-state index contributed by atoms with van der Waals surface area (Å²) in [4.78, 5) is 10.2. The molecular formula is C5H9NO4. The summed E-state index contributed by atoms with van der Waals surface area (Å²) >= 11 is 0. The monoisotopic (exact) mass is 147 g/mol. The molecule has 0 aromatic heterocycles. The van der Waals surface area contributed by atoms with Crippen molar-refractivity contribution in [2.75, 3.05) is 6.54 Å². The average Bonchev–Trinajstić information content (AvgIpc) is 2.14. The molecule has 4 N–H and O–H groups in total. The maximum Gasteiger partial charge on any atom is 0.323 e. The van der Waals surface area contributed by atoms with Crippen LogP contribution in [0.4, 0.5) is 0 Å². The average molecular weight is 147 g/mol. The van der Waals surface area contributed by atoms with Crippen molar-refractivity contribution in [2.24, 2.45) is 0 Å². The van der Waals surface area contributed by atoms with E-state index in [0.29, 0.717) is 0 Å². The molecule has 1 heterocycles. The molecule has 3 atom stereocenters. The first-order valence-corrected chi connectivity index (χ1v) is 2.95. The summed E-state index contributed by atoms with van der Waals surface area (Å²) in [7, 11) is 0. The first-order valence-electron chi connectivity index (χ1n) is 2.95. The number of β-amino-alcohol motifs (C(OH)–C–C–N with tert-alkyl or cyclic N) is 1. The standard InChI is InChI=1S/C5H9NO4/c7-2-1-6-3(4(2)8)5(9)10/h2-4,6-8H,1H2,(H,9,10)/t2-,3+,4+/m1/s1. The Balaban J connectivity index is 2.57. The van der Waals surface area contributed by atoms with E-state index in [1.165, 1.54) is 0 Å². The van der Waals surface area contributed by atoms with Crippen molar-refractivity contribution in [1.82, 2.24) is 5.32 Å². The minimum atomic E-state index is -1.18. The van der Waals surface area contributed by atoms with Crippen LogP contribution in [0.25, 0.3) is 0 Å². The normalized spacial score (nSPS) is 40.0. The van der Waals surface area contributed by atoms with Gasteiger partial charge in [0.1, 0.15) is 12.1 Å². The predicted octanol–water partition coefficient (Wildman–Crippen LogP) is -2.24. The van der Waals surface area contributed by atoms with Crippen LogP contribution in [0.5, 0.6) is 0 Å². The molecule has 0 spiro atoms. The van der Waals surface area contributed by atoms with Crippen molar-refractivity contribution >= 4 is 5.97 Å². The van der Waals surface area contributed by atoms with Gasteiger partial charge in [0.15, 0.2) is 0 Å². The quantitative estimate of drug-likeness (QED) is 0.337. The second kappa shape index (κ2) is 2.53. The lowest BCUT2D eigenvalue weighted by Gasteiger charge is -2.09. The van der Waals surface area contributed by atoms with E-state index in [4.69, 9.17) is 15.3 Å². The van der Waals surface area contributed by atoms with Gasteiger partial charge in [-0.15, -0.1) is 0 Å². The fraction of sp³-hybridized carbons (Fsp3) is 0.800. The second-order valence-corrected chi connectivity index (χ2v) is 2.28. The van der Waals surface area contributed by atoms with Crippen molar-refractivity contribution in [3.8, 4) is 0 Å². The summed E-state index contributed by atoms with van der Waals surface area (Å²) in [5.41, 5.74) is 0. The van der Waals surface area contributed by atoms with E-state index >= 15 is 0 Å². The molecule has 10 heavy (non-hydrogen) atoms. The van der Waals surface area contributed by atoms with E-state index in [-0.39, 0.29) is 6.54 Å². The van der Waals surface area contributed by atoms with E-state index < -0.39 is 24.2 Å². The van der Waals surface area contributed by atoms with E-state index in [9.17, 15) is 4.79 Å². The molecule has 0 bridgehead atoms. The van der Waals surface area contributed by atoms with Crippen molar-refractivity contribution in [3.05, 3.63) is 0 Å². The second-order valence-electron chi connectivity index (χ2n) is 2.28. The van der Waals surface area contributed by atoms with Crippen LogP contribution in [-0.2, 0) is 4.79 Å². The van der Waals surface area contributed by atoms with Crippen LogP contribution in [0.1, 0.15) is 0 Å². The first kappa shape index (κ1) is 7.46. The Hall–Kier alpha value is -0.650. The molecule has 1 fully saturated rings. The lowest BCUT2D eigenvalue weighted by Crippen LogP contribution is -2.39. The van der Waals surface area contributed by atoms with E-state index in [2.05, 4.69) is 5.32 Å². The Kier molecular flexibility index (Phi) is 1.89. The molecule has 5 nitrogen and oxygen atoms in total. The third-order valence-corrected chi connectivity index (χ3v) is 1.55. The predicted molar refractivity (Wildman–Crippen MR) is 31.4 cm³/mol. The number of nitrogens with one attached hydrogen (secondary N) is 1. The highest BCUT2D eigenvalue weighted by molar-refractivity contribution is 5.74. The zero-order valence-electron chi connectivity index (χ0n) is 5.19. The number of aliphatic hydroxyl groups is 2. The van der Waals surface area contributed by atoms with Gasteiger partial charge in [-0.25, -0.2) is 0 Å². The van der Waals surface area contributed by atoms with Crippen molar-refractivity contribution in [1.29, 1.82) is 0 Å². The number of rotatable bonds is 1. The Morgan fingerprint density at radius 3 is 2.30 bits per heavy atom. The lowest BCUT2D eigenvalue weighted by atomic mass is 10.1. The topological polar surface area (TPSA) is 89.8 Å². The van der Waals surface area contributed by atoms with Crippen LogP contribution >= 0.6 is 0 Å². The van der Waals surface area contributed by atoms with E-state index in [0.717, 1.165) is 0 Å². The molecule has 5 heteroatoms. The van der Waals surface area contributed by atoms with Gasteiger partial charge in [0.2, 0.25) is 0 Å². The number of carboxylic acids is 1. The smallest absolute Gasteiger partial charge is 0.323 e. The van der Waals surface area contributed by atoms with Gasteiger partial charge in [0, 0.05) is 6.54 Å². The molecule has 1 aliphatic rings. The zero-order valence-corrected chi connectivity index (χ0v) is 5.19. The Labute approximate surface area is 57.3 Å². The Morgan fingerprint density at radius 2 is 2.10 bits per heavy atom. The van der Waals surface area contributed by atoms with Crippen LogP contribution in [-0.4, -0.2) is 46.1 Å². The largest absolute Gasteiger partial charge is 0.480 e. The molecule has 0 aliphatic carbocycles. The van der Waals surface area contributed by atoms with Crippen molar-refractivity contribution in [2.45, 2.75) is 18.2 Å². The fourth-order valence-electron chi connectivity index (χ4n) is 0.945. The van der Waals surface area contributed by atoms with E-state index in [1.54, 1.807) is 0 Å². The zero-order chi connectivity index (χ0) is 7.72. The van der Waals surface area contributed by atoms with Crippen LogP contribution in [0.3, 0.4) is 0 Å². The highest BCUT2D eigenvalue weighted by atomic mass is 16.4. The highest BCUT2D eigenvalue weighted by Crippen LogP contribution is 2.06. The summed E-state index contributed by atoms with van der Waals surface area (Å²) in [6.07, 6.45) is -2.14. The van der Waals surface area contributed by atoms with Crippen LogP contribution < -0.4 is 5.32 Å². The molecule has 1 aliphatic heterocycles. The lowest BCUT2D eigenvalue weighted by molar-refractivity contribution is -0.142. The summed E-state index contributed by atoms with van der Waals surface area (Å²) in [5, 5.41) is 28.6. The molecule has 0 amide bonds. The minimum Gasteiger partial charge on any atom is -0.480 e. The van der Waals surface area contributed by atoms with Gasteiger partial charge in [0.05, 0.1) is 6.10 Å². The Morgan fingerprint density at radius 1 is 1.50 bits per heavy atom. The van der Waals surface area contributed by atoms with Gasteiger partial charge in [-0.2, -0.15) is 0 Å². The fourth-order valence-corrected chi connectivity index (χ4v) is 0.945. The molecule has 0 aromatic carbocycles. The van der Waals surface area contributed by atoms with Crippen LogP contribution in [0.15, 0.2) is 0 Å².